The number of anilines is 2. The van der Waals surface area contributed by atoms with Crippen LogP contribution in [-0.2, 0) is 0 Å². The predicted octanol–water partition coefficient (Wildman–Crippen LogP) is 3.27. The van der Waals surface area contributed by atoms with Gasteiger partial charge in [0, 0.05) is 29.0 Å². The molecule has 1 aromatic carbocycles. The summed E-state index contributed by atoms with van der Waals surface area (Å²) in [7, 11) is 1.65. The van der Waals surface area contributed by atoms with Gasteiger partial charge in [0.1, 0.15) is 5.75 Å². The molecule has 0 spiro atoms. The van der Waals surface area contributed by atoms with Gasteiger partial charge in [0.25, 0.3) is 0 Å². The Morgan fingerprint density at radius 3 is 2.38 bits per heavy atom. The van der Waals surface area contributed by atoms with Gasteiger partial charge in [-0.2, -0.15) is 0 Å². The summed E-state index contributed by atoms with van der Waals surface area (Å²) in [4.78, 5) is 0. The van der Waals surface area contributed by atoms with E-state index in [4.69, 9.17) is 10.5 Å². The van der Waals surface area contributed by atoms with Crippen LogP contribution in [0.15, 0.2) is 18.2 Å². The topological polar surface area (TPSA) is 47.3 Å². The smallest absolute Gasteiger partial charge is 0.122 e. The molecule has 0 aliphatic carbocycles. The lowest BCUT2D eigenvalue weighted by atomic mass is 9.95. The Morgan fingerprint density at radius 1 is 1.25 bits per heavy atom. The van der Waals surface area contributed by atoms with Crippen molar-refractivity contribution in [1.29, 1.82) is 0 Å². The van der Waals surface area contributed by atoms with Crippen molar-refractivity contribution >= 4 is 11.4 Å². The molecule has 0 aliphatic rings. The zero-order chi connectivity index (χ0) is 12.2. The van der Waals surface area contributed by atoms with E-state index in [1.807, 2.05) is 18.2 Å². The molecule has 0 bridgehead atoms. The maximum absolute atomic E-state index is 5.82. The highest BCUT2D eigenvalue weighted by Gasteiger charge is 2.19. The highest BCUT2D eigenvalue weighted by molar-refractivity contribution is 5.60. The van der Waals surface area contributed by atoms with E-state index in [0.717, 1.165) is 30.0 Å². The van der Waals surface area contributed by atoms with Crippen LogP contribution in [0.4, 0.5) is 11.4 Å². The van der Waals surface area contributed by atoms with Crippen molar-refractivity contribution < 1.29 is 4.74 Å². The predicted molar refractivity (Wildman–Crippen MR) is 70.0 cm³/mol. The Hall–Kier alpha value is -1.38. The Bertz CT molecular complexity index is 346. The fraction of sp³-hybridized carbons (Fsp3) is 0.538. The summed E-state index contributed by atoms with van der Waals surface area (Å²) in [6, 6.07) is 5.73. The lowest BCUT2D eigenvalue weighted by Gasteiger charge is -2.29. The molecule has 0 saturated heterocycles. The summed E-state index contributed by atoms with van der Waals surface area (Å²) < 4.78 is 5.20. The molecule has 3 heteroatoms. The van der Waals surface area contributed by atoms with Crippen LogP contribution in [0.5, 0.6) is 5.75 Å². The number of hydrogen-bond donors (Lipinski definition) is 2. The molecule has 0 heterocycles. The maximum atomic E-state index is 5.82. The van der Waals surface area contributed by atoms with Gasteiger partial charge in [-0.25, -0.2) is 0 Å². The highest BCUT2D eigenvalue weighted by atomic mass is 16.5. The third-order valence-corrected chi connectivity index (χ3v) is 3.17. The van der Waals surface area contributed by atoms with Crippen molar-refractivity contribution in [3.05, 3.63) is 18.2 Å². The molecule has 0 saturated carbocycles. The molecule has 0 atom stereocenters. The minimum absolute atomic E-state index is 0.110. The van der Waals surface area contributed by atoms with E-state index in [2.05, 4.69) is 26.1 Å². The van der Waals surface area contributed by atoms with Crippen molar-refractivity contribution in [2.45, 2.75) is 39.2 Å². The van der Waals surface area contributed by atoms with Gasteiger partial charge in [0.05, 0.1) is 7.11 Å². The molecule has 1 rings (SSSR count). The van der Waals surface area contributed by atoms with Gasteiger partial charge in [-0.1, -0.05) is 13.8 Å². The first kappa shape index (κ1) is 12.7. The number of methoxy groups -OCH3 is 1. The quantitative estimate of drug-likeness (QED) is 0.752. The zero-order valence-electron chi connectivity index (χ0n) is 10.6. The Morgan fingerprint density at radius 2 is 1.88 bits per heavy atom. The average Bonchev–Trinajstić information content (AvgIpc) is 2.28. The van der Waals surface area contributed by atoms with Crippen molar-refractivity contribution in [3.63, 3.8) is 0 Å². The van der Waals surface area contributed by atoms with E-state index in [1.54, 1.807) is 7.11 Å². The van der Waals surface area contributed by atoms with Crippen LogP contribution in [0, 0.1) is 0 Å². The lowest BCUT2D eigenvalue weighted by Crippen LogP contribution is -2.32. The summed E-state index contributed by atoms with van der Waals surface area (Å²) >= 11 is 0. The van der Waals surface area contributed by atoms with Crippen LogP contribution in [0.2, 0.25) is 0 Å². The fourth-order valence-corrected chi connectivity index (χ4v) is 1.59. The first-order valence-electron chi connectivity index (χ1n) is 5.75. The van der Waals surface area contributed by atoms with Crippen molar-refractivity contribution in [1.82, 2.24) is 0 Å². The molecule has 90 valence electrons. The minimum atomic E-state index is 0.110. The van der Waals surface area contributed by atoms with Gasteiger partial charge >= 0.3 is 0 Å². The number of nitrogens with two attached hydrogens (primary N) is 1. The fourth-order valence-electron chi connectivity index (χ4n) is 1.59. The number of rotatable bonds is 5. The van der Waals surface area contributed by atoms with Gasteiger partial charge in [-0.15, -0.1) is 0 Å². The van der Waals surface area contributed by atoms with E-state index >= 15 is 0 Å². The Labute approximate surface area is 98.0 Å². The van der Waals surface area contributed by atoms with Gasteiger partial charge in [0.15, 0.2) is 0 Å². The van der Waals surface area contributed by atoms with Crippen molar-refractivity contribution in [3.8, 4) is 5.75 Å². The minimum Gasteiger partial charge on any atom is -0.497 e. The Balaban J connectivity index is 2.92. The summed E-state index contributed by atoms with van der Waals surface area (Å²) in [5.41, 5.74) is 7.66. The molecule has 0 amide bonds. The monoisotopic (exact) mass is 222 g/mol. The number of benzene rings is 1. The summed E-state index contributed by atoms with van der Waals surface area (Å²) in [5, 5.41) is 3.51. The first-order chi connectivity index (χ1) is 7.53. The number of nitrogen functional groups attached to an aromatic ring is 1. The molecular formula is C13H22N2O. The van der Waals surface area contributed by atoms with Crippen LogP contribution in [0.1, 0.15) is 33.6 Å². The van der Waals surface area contributed by atoms with E-state index in [0.29, 0.717) is 0 Å². The second-order valence-corrected chi connectivity index (χ2v) is 4.39. The van der Waals surface area contributed by atoms with Gasteiger partial charge in [-0.3, -0.25) is 0 Å². The molecule has 0 fully saturated rings. The van der Waals surface area contributed by atoms with Crippen molar-refractivity contribution in [2.24, 2.45) is 0 Å². The van der Waals surface area contributed by atoms with Crippen LogP contribution in [-0.4, -0.2) is 12.6 Å². The SMILES string of the molecule is CCC(C)(CC)Nc1cc(N)cc(OC)c1. The van der Waals surface area contributed by atoms with Crippen LogP contribution in [0.3, 0.4) is 0 Å². The summed E-state index contributed by atoms with van der Waals surface area (Å²) in [6.07, 6.45) is 2.14. The number of ether oxygens (including phenoxy) is 1. The van der Waals surface area contributed by atoms with E-state index in [9.17, 15) is 0 Å². The average molecular weight is 222 g/mol. The van der Waals surface area contributed by atoms with Gasteiger partial charge in [0.2, 0.25) is 0 Å². The van der Waals surface area contributed by atoms with Crippen LogP contribution in [0.25, 0.3) is 0 Å². The Kier molecular flexibility index (Phi) is 4.05. The first-order valence-corrected chi connectivity index (χ1v) is 5.75. The molecule has 16 heavy (non-hydrogen) atoms. The van der Waals surface area contributed by atoms with Crippen molar-refractivity contribution in [2.75, 3.05) is 18.2 Å². The highest BCUT2D eigenvalue weighted by Crippen LogP contribution is 2.27. The van der Waals surface area contributed by atoms with Gasteiger partial charge in [-0.05, 0) is 25.8 Å². The molecule has 0 aromatic heterocycles. The normalized spacial score (nSPS) is 11.2. The molecular weight excluding hydrogens is 200 g/mol. The summed E-state index contributed by atoms with van der Waals surface area (Å²) in [6.45, 7) is 6.57. The molecule has 0 unspecified atom stereocenters. The third-order valence-electron chi connectivity index (χ3n) is 3.17. The summed E-state index contributed by atoms with van der Waals surface area (Å²) in [5.74, 6) is 0.789. The lowest BCUT2D eigenvalue weighted by molar-refractivity contribution is 0.414. The zero-order valence-corrected chi connectivity index (χ0v) is 10.6. The van der Waals surface area contributed by atoms with E-state index < -0.39 is 0 Å². The second-order valence-electron chi connectivity index (χ2n) is 4.39. The van der Waals surface area contributed by atoms with E-state index in [1.165, 1.54) is 0 Å². The number of hydrogen-bond acceptors (Lipinski definition) is 3. The van der Waals surface area contributed by atoms with Gasteiger partial charge < -0.3 is 15.8 Å². The molecule has 3 nitrogen and oxygen atoms in total. The standard InChI is InChI=1S/C13H22N2O/c1-5-13(3,6-2)15-11-7-10(14)8-12(9-11)16-4/h7-9,15H,5-6,14H2,1-4H3. The van der Waals surface area contributed by atoms with Crippen LogP contribution >= 0.6 is 0 Å². The second kappa shape index (κ2) is 5.10. The largest absolute Gasteiger partial charge is 0.497 e. The molecule has 1 aromatic rings. The molecule has 0 radical (unpaired) electrons. The number of nitrogens with one attached hydrogen (secondary N) is 1. The third kappa shape index (κ3) is 3.05. The molecule has 3 N–H and O–H groups in total. The van der Waals surface area contributed by atoms with E-state index in [-0.39, 0.29) is 5.54 Å². The molecule has 0 aliphatic heterocycles. The van der Waals surface area contributed by atoms with Crippen LogP contribution < -0.4 is 15.8 Å². The maximum Gasteiger partial charge on any atom is 0.122 e.